The van der Waals surface area contributed by atoms with Crippen LogP contribution in [0.4, 0.5) is 9.18 Å². The number of amides is 2. The number of rotatable bonds is 2. The van der Waals surface area contributed by atoms with E-state index in [-0.39, 0.29) is 11.4 Å². The molecule has 1 fully saturated rings. The maximum atomic E-state index is 12.6. The van der Waals surface area contributed by atoms with Gasteiger partial charge in [0.2, 0.25) is 0 Å². The lowest BCUT2D eigenvalue weighted by atomic mass is 10.4. The highest BCUT2D eigenvalue weighted by Gasteiger charge is 2.32. The zero-order valence-corrected chi connectivity index (χ0v) is 9.00. The van der Waals surface area contributed by atoms with Gasteiger partial charge in [-0.1, -0.05) is 0 Å². The van der Waals surface area contributed by atoms with Gasteiger partial charge in [-0.25, -0.2) is 21.9 Å². The summed E-state index contributed by atoms with van der Waals surface area (Å²) in [5.41, 5.74) is 0. The lowest BCUT2D eigenvalue weighted by Gasteiger charge is -2.14. The van der Waals surface area contributed by atoms with Gasteiger partial charge >= 0.3 is 6.03 Å². The second-order valence-corrected chi connectivity index (χ2v) is 5.13. The zero-order valence-electron chi connectivity index (χ0n) is 8.18. The quantitative estimate of drug-likeness (QED) is 0.825. The van der Waals surface area contributed by atoms with E-state index < -0.39 is 21.9 Å². The molecule has 1 saturated heterocycles. The Kier molecular flexibility index (Phi) is 2.55. The third kappa shape index (κ3) is 1.73. The first-order chi connectivity index (χ1) is 7.51. The van der Waals surface area contributed by atoms with Crippen molar-refractivity contribution in [3.05, 3.63) is 30.1 Å². The van der Waals surface area contributed by atoms with Crippen LogP contribution in [0.15, 0.2) is 29.2 Å². The van der Waals surface area contributed by atoms with Gasteiger partial charge in [0.25, 0.3) is 10.0 Å². The van der Waals surface area contributed by atoms with Gasteiger partial charge in [-0.3, -0.25) is 0 Å². The van der Waals surface area contributed by atoms with Gasteiger partial charge in [-0.15, -0.1) is 0 Å². The minimum absolute atomic E-state index is 0.0917. The highest BCUT2D eigenvalue weighted by atomic mass is 32.2. The summed E-state index contributed by atoms with van der Waals surface area (Å²) in [6.45, 7) is 0.387. The minimum atomic E-state index is -3.85. The van der Waals surface area contributed by atoms with Crippen LogP contribution >= 0.6 is 0 Å². The highest BCUT2D eigenvalue weighted by Crippen LogP contribution is 2.17. The summed E-state index contributed by atoms with van der Waals surface area (Å²) in [5, 5.41) is 2.39. The van der Waals surface area contributed by atoms with E-state index in [2.05, 4.69) is 5.32 Å². The Bertz CT molecular complexity index is 512. The lowest BCUT2D eigenvalue weighted by Crippen LogP contribution is -2.34. The van der Waals surface area contributed by atoms with Crippen LogP contribution in [0.25, 0.3) is 0 Å². The summed E-state index contributed by atoms with van der Waals surface area (Å²) < 4.78 is 37.2. The molecule has 1 aromatic carbocycles. The number of carbonyl (C=O) groups excluding carboxylic acids is 1. The normalized spacial score (nSPS) is 16.3. The topological polar surface area (TPSA) is 66.5 Å². The lowest BCUT2D eigenvalue weighted by molar-refractivity contribution is 0.236. The van der Waals surface area contributed by atoms with Crippen LogP contribution in [0.3, 0.4) is 0 Å². The third-order valence-electron chi connectivity index (χ3n) is 2.22. The average Bonchev–Trinajstić information content (AvgIpc) is 2.66. The summed E-state index contributed by atoms with van der Waals surface area (Å²) in [4.78, 5) is 11.1. The molecular formula is C9H9FN2O3S. The van der Waals surface area contributed by atoms with E-state index in [9.17, 15) is 17.6 Å². The van der Waals surface area contributed by atoms with E-state index in [1.807, 2.05) is 0 Å². The van der Waals surface area contributed by atoms with Gasteiger partial charge in [0, 0.05) is 6.54 Å². The number of carbonyl (C=O) groups is 1. The van der Waals surface area contributed by atoms with Crippen molar-refractivity contribution < 1.29 is 17.6 Å². The molecule has 1 aromatic rings. The van der Waals surface area contributed by atoms with Crippen LogP contribution in [-0.4, -0.2) is 31.8 Å². The molecule has 1 aliphatic heterocycles. The smallest absolute Gasteiger partial charge is 0.331 e. The van der Waals surface area contributed by atoms with Crippen molar-refractivity contribution in [2.24, 2.45) is 0 Å². The maximum Gasteiger partial charge on any atom is 0.331 e. The second-order valence-electron chi connectivity index (χ2n) is 3.26. The fraction of sp³-hybridized carbons (Fsp3) is 0.222. The Hall–Kier alpha value is -1.63. The van der Waals surface area contributed by atoms with Crippen LogP contribution in [0.2, 0.25) is 0 Å². The van der Waals surface area contributed by atoms with Crippen molar-refractivity contribution in [3.8, 4) is 0 Å². The third-order valence-corrected chi connectivity index (χ3v) is 4.02. The van der Waals surface area contributed by atoms with Crippen LogP contribution < -0.4 is 5.32 Å². The number of nitrogens with one attached hydrogen (secondary N) is 1. The molecule has 0 saturated carbocycles. The standard InChI is InChI=1S/C9H9FN2O3S/c10-7-1-3-8(4-2-7)16(14,15)12-6-5-11-9(12)13/h1-4H,5-6H2,(H,11,13). The van der Waals surface area contributed by atoms with Crippen LogP contribution in [0, 0.1) is 5.82 Å². The number of hydrogen-bond acceptors (Lipinski definition) is 3. The van der Waals surface area contributed by atoms with Crippen molar-refractivity contribution in [3.63, 3.8) is 0 Å². The van der Waals surface area contributed by atoms with E-state index >= 15 is 0 Å². The van der Waals surface area contributed by atoms with Crippen molar-refractivity contribution in [1.82, 2.24) is 9.62 Å². The molecule has 7 heteroatoms. The second kappa shape index (κ2) is 3.75. The van der Waals surface area contributed by atoms with Gasteiger partial charge in [-0.2, -0.15) is 0 Å². The Labute approximate surface area is 91.9 Å². The van der Waals surface area contributed by atoms with Crippen LogP contribution in [0.1, 0.15) is 0 Å². The van der Waals surface area contributed by atoms with Crippen molar-refractivity contribution in [2.75, 3.05) is 13.1 Å². The SMILES string of the molecule is O=C1NCCN1S(=O)(=O)c1ccc(F)cc1. The van der Waals surface area contributed by atoms with E-state index in [0.29, 0.717) is 6.54 Å². The van der Waals surface area contributed by atoms with Crippen molar-refractivity contribution in [2.45, 2.75) is 4.90 Å². The predicted molar refractivity (Wildman–Crippen MR) is 53.7 cm³/mol. The number of hydrogen-bond donors (Lipinski definition) is 1. The summed E-state index contributed by atoms with van der Waals surface area (Å²) in [5.74, 6) is -0.523. The molecule has 0 spiro atoms. The highest BCUT2D eigenvalue weighted by molar-refractivity contribution is 7.89. The fourth-order valence-corrected chi connectivity index (χ4v) is 2.77. The average molecular weight is 244 g/mol. The van der Waals surface area contributed by atoms with Gasteiger partial charge in [0.15, 0.2) is 0 Å². The molecule has 0 radical (unpaired) electrons. The molecule has 0 unspecified atom stereocenters. The molecule has 0 atom stereocenters. The molecule has 16 heavy (non-hydrogen) atoms. The van der Waals surface area contributed by atoms with Gasteiger partial charge < -0.3 is 5.32 Å². The number of nitrogens with zero attached hydrogens (tertiary/aromatic N) is 1. The van der Waals surface area contributed by atoms with Crippen LogP contribution in [0.5, 0.6) is 0 Å². The molecule has 86 valence electrons. The largest absolute Gasteiger partial charge is 0.335 e. The summed E-state index contributed by atoms with van der Waals surface area (Å²) >= 11 is 0. The molecule has 0 aromatic heterocycles. The Balaban J connectivity index is 2.39. The minimum Gasteiger partial charge on any atom is -0.335 e. The molecule has 0 aliphatic carbocycles. The van der Waals surface area contributed by atoms with Crippen molar-refractivity contribution in [1.29, 1.82) is 0 Å². The molecule has 2 rings (SSSR count). The Morgan fingerprint density at radius 1 is 1.25 bits per heavy atom. The predicted octanol–water partition coefficient (Wildman–Crippen LogP) is 0.540. The molecule has 5 nitrogen and oxygen atoms in total. The first-order valence-electron chi connectivity index (χ1n) is 4.58. The number of benzene rings is 1. The summed E-state index contributed by atoms with van der Waals surface area (Å²) in [6.07, 6.45) is 0. The molecule has 1 aliphatic rings. The molecule has 1 N–H and O–H groups in total. The maximum absolute atomic E-state index is 12.6. The molecule has 2 amide bonds. The van der Waals surface area contributed by atoms with E-state index in [4.69, 9.17) is 0 Å². The summed E-state index contributed by atoms with van der Waals surface area (Å²) in [7, 11) is -3.85. The van der Waals surface area contributed by atoms with Crippen LogP contribution in [-0.2, 0) is 10.0 Å². The van der Waals surface area contributed by atoms with Gasteiger partial charge in [-0.05, 0) is 24.3 Å². The van der Waals surface area contributed by atoms with Crippen molar-refractivity contribution >= 4 is 16.1 Å². The Morgan fingerprint density at radius 3 is 2.38 bits per heavy atom. The molecule has 1 heterocycles. The number of sulfonamides is 1. The molecule has 0 bridgehead atoms. The van der Waals surface area contributed by atoms with E-state index in [1.54, 1.807) is 0 Å². The monoisotopic (exact) mass is 244 g/mol. The molecular weight excluding hydrogens is 235 g/mol. The first kappa shape index (κ1) is 10.9. The number of urea groups is 1. The van der Waals surface area contributed by atoms with E-state index in [0.717, 1.165) is 28.6 Å². The number of halogens is 1. The van der Waals surface area contributed by atoms with Gasteiger partial charge in [0.05, 0.1) is 11.4 Å². The zero-order chi connectivity index (χ0) is 11.8. The first-order valence-corrected chi connectivity index (χ1v) is 6.02. The summed E-state index contributed by atoms with van der Waals surface area (Å²) in [6, 6.07) is 3.71. The Morgan fingerprint density at radius 2 is 1.88 bits per heavy atom. The van der Waals surface area contributed by atoms with Gasteiger partial charge in [0.1, 0.15) is 5.82 Å². The van der Waals surface area contributed by atoms with E-state index in [1.165, 1.54) is 0 Å². The fourth-order valence-electron chi connectivity index (χ4n) is 1.42.